The summed E-state index contributed by atoms with van der Waals surface area (Å²) < 4.78 is 2.15. The van der Waals surface area contributed by atoms with Crippen molar-refractivity contribution in [3.05, 3.63) is 49.1 Å². The molecule has 0 atom stereocenters. The maximum atomic E-state index is 3.02. The Labute approximate surface area is 108 Å². The van der Waals surface area contributed by atoms with Crippen LogP contribution in [0.15, 0.2) is 49.1 Å². The van der Waals surface area contributed by atoms with Gasteiger partial charge in [0.2, 0.25) is 0 Å². The summed E-state index contributed by atoms with van der Waals surface area (Å²) in [5.41, 5.74) is 2.50. The zero-order valence-corrected chi connectivity index (χ0v) is 10.5. The third-order valence-corrected chi connectivity index (χ3v) is 2.31. The quantitative estimate of drug-likeness (QED) is 0.483. The van der Waals surface area contributed by atoms with Gasteiger partial charge in [-0.15, -0.1) is 0 Å². The first-order valence-corrected chi connectivity index (χ1v) is 4.86. The van der Waals surface area contributed by atoms with Gasteiger partial charge < -0.3 is 24.8 Å². The second kappa shape index (κ2) is 7.20. The maximum Gasteiger partial charge on any atom is 0.169 e. The average molecular weight is 257 g/mol. The van der Waals surface area contributed by atoms with E-state index in [9.17, 15) is 0 Å². The molecule has 2 nitrogen and oxygen atoms in total. The van der Waals surface area contributed by atoms with Gasteiger partial charge in [0, 0.05) is 24.3 Å². The van der Waals surface area contributed by atoms with Crippen molar-refractivity contribution >= 4 is 0 Å². The van der Waals surface area contributed by atoms with Crippen LogP contribution in [0.2, 0.25) is 0 Å². The van der Waals surface area contributed by atoms with E-state index >= 15 is 0 Å². The predicted octanol–water partition coefficient (Wildman–Crippen LogP) is -4.52. The molecule has 1 N–H and O–H groups in total. The Balaban J connectivity index is 0.00000112. The van der Waals surface area contributed by atoms with Gasteiger partial charge in [0.15, 0.2) is 24.8 Å². The second-order valence-electron chi connectivity index (χ2n) is 3.21. The number of halogens is 2. The van der Waals surface area contributed by atoms with E-state index < -0.39 is 0 Å². The molecule has 0 radical (unpaired) electrons. The fourth-order valence-electron chi connectivity index (χ4n) is 1.44. The van der Waals surface area contributed by atoms with E-state index in [4.69, 9.17) is 0 Å². The molecule has 0 aliphatic rings. The van der Waals surface area contributed by atoms with E-state index in [0.717, 1.165) is 6.54 Å². The average Bonchev–Trinajstić information content (AvgIpc) is 2.30. The number of aryl methyl sites for hydroxylation is 1. The number of H-pyrrole nitrogens is 1. The predicted molar refractivity (Wildman–Crippen MR) is 54.3 cm³/mol. The lowest BCUT2D eigenvalue weighted by Crippen LogP contribution is -3.00. The lowest BCUT2D eigenvalue weighted by Gasteiger charge is -1.97. The molecule has 0 aromatic carbocycles. The van der Waals surface area contributed by atoms with Crippen molar-refractivity contribution < 1.29 is 34.4 Å². The number of pyridine rings is 2. The lowest BCUT2D eigenvalue weighted by atomic mass is 10.1. The number of aromatic nitrogens is 2. The standard InChI is InChI=1S/C12H13N2.2ClH/c1-2-14-9-5-12(6-10-14)11-3-7-13-8-4-11;;/h3-10H,2H2,1H3;2*1H/q+1;;/p-1. The number of aromatic amines is 1. The molecular formula is C12H14Cl2N2. The Bertz CT molecular complexity index is 401. The van der Waals surface area contributed by atoms with Crippen LogP contribution in [0.1, 0.15) is 6.92 Å². The minimum absolute atomic E-state index is 0. The van der Waals surface area contributed by atoms with E-state index in [-0.39, 0.29) is 24.8 Å². The molecule has 0 bridgehead atoms. The topological polar surface area (TPSA) is 18.0 Å². The van der Waals surface area contributed by atoms with Crippen LogP contribution in [0, 0.1) is 0 Å². The highest BCUT2D eigenvalue weighted by molar-refractivity contribution is 5.60. The van der Waals surface area contributed by atoms with Crippen LogP contribution in [-0.2, 0) is 6.54 Å². The molecule has 0 amide bonds. The van der Waals surface area contributed by atoms with Crippen LogP contribution in [-0.4, -0.2) is 0 Å². The largest absolute Gasteiger partial charge is 1.00 e. The summed E-state index contributed by atoms with van der Waals surface area (Å²) in [6.45, 7) is 3.15. The first kappa shape index (κ1) is 14.9. The van der Waals surface area contributed by atoms with Gasteiger partial charge in [-0.2, -0.15) is 0 Å². The van der Waals surface area contributed by atoms with Crippen LogP contribution < -0.4 is 34.4 Å². The van der Waals surface area contributed by atoms with Crippen molar-refractivity contribution in [3.63, 3.8) is 0 Å². The number of nitrogens with zero attached hydrogens (tertiary/aromatic N) is 1. The molecule has 0 aliphatic heterocycles. The molecule has 2 rings (SSSR count). The minimum Gasteiger partial charge on any atom is -1.00 e. The van der Waals surface area contributed by atoms with Gasteiger partial charge in [-0.25, -0.2) is 9.55 Å². The third kappa shape index (κ3) is 3.47. The monoisotopic (exact) mass is 256 g/mol. The van der Waals surface area contributed by atoms with Crippen molar-refractivity contribution in [2.24, 2.45) is 0 Å². The molecule has 2 aromatic heterocycles. The Morgan fingerprint density at radius 1 is 0.938 bits per heavy atom. The summed E-state index contributed by atoms with van der Waals surface area (Å²) in [5, 5.41) is 0. The molecule has 0 aliphatic carbocycles. The molecule has 2 heterocycles. The number of nitrogens with one attached hydrogen (secondary N) is 1. The van der Waals surface area contributed by atoms with Gasteiger partial charge in [-0.1, -0.05) is 0 Å². The van der Waals surface area contributed by atoms with Crippen LogP contribution in [0.4, 0.5) is 0 Å². The number of hydrogen-bond acceptors (Lipinski definition) is 0. The molecule has 0 unspecified atom stereocenters. The summed E-state index contributed by atoms with van der Waals surface area (Å²) in [6, 6.07) is 8.43. The van der Waals surface area contributed by atoms with Crippen molar-refractivity contribution in [3.8, 4) is 11.1 Å². The van der Waals surface area contributed by atoms with Gasteiger partial charge in [0.05, 0.1) is 0 Å². The smallest absolute Gasteiger partial charge is 0.169 e. The van der Waals surface area contributed by atoms with E-state index in [2.05, 4.69) is 53.1 Å². The van der Waals surface area contributed by atoms with Crippen LogP contribution >= 0.6 is 0 Å². The highest BCUT2D eigenvalue weighted by atomic mass is 35.5. The molecule has 16 heavy (non-hydrogen) atoms. The van der Waals surface area contributed by atoms with Crippen molar-refractivity contribution in [1.29, 1.82) is 0 Å². The lowest BCUT2D eigenvalue weighted by molar-refractivity contribution is -0.693. The summed E-state index contributed by atoms with van der Waals surface area (Å²) in [6.07, 6.45) is 8.09. The first-order valence-electron chi connectivity index (χ1n) is 4.86. The van der Waals surface area contributed by atoms with Gasteiger partial charge in [0.25, 0.3) is 0 Å². The van der Waals surface area contributed by atoms with Crippen LogP contribution in [0.25, 0.3) is 11.1 Å². The van der Waals surface area contributed by atoms with Crippen molar-refractivity contribution in [2.75, 3.05) is 0 Å². The van der Waals surface area contributed by atoms with Crippen molar-refractivity contribution in [2.45, 2.75) is 13.5 Å². The Morgan fingerprint density at radius 3 is 1.94 bits per heavy atom. The fraction of sp³-hybridized carbons (Fsp3) is 0.167. The van der Waals surface area contributed by atoms with Crippen molar-refractivity contribution in [1.82, 2.24) is 0 Å². The first-order chi connectivity index (χ1) is 6.90. The number of rotatable bonds is 2. The molecule has 86 valence electrons. The minimum atomic E-state index is 0. The Hall–Kier alpha value is -1.12. The van der Waals surface area contributed by atoms with Crippen LogP contribution in [0.5, 0.6) is 0 Å². The molecule has 0 saturated carbocycles. The van der Waals surface area contributed by atoms with Gasteiger partial charge in [-0.05, 0) is 18.1 Å². The zero-order chi connectivity index (χ0) is 9.80. The van der Waals surface area contributed by atoms with Gasteiger partial charge in [-0.3, -0.25) is 0 Å². The van der Waals surface area contributed by atoms with Gasteiger partial charge in [0.1, 0.15) is 6.54 Å². The molecule has 2 aromatic rings. The van der Waals surface area contributed by atoms with Crippen LogP contribution in [0.3, 0.4) is 0 Å². The zero-order valence-electron chi connectivity index (χ0n) is 9.03. The summed E-state index contributed by atoms with van der Waals surface area (Å²) in [5.74, 6) is 0. The maximum absolute atomic E-state index is 3.02. The second-order valence-corrected chi connectivity index (χ2v) is 3.21. The molecular weight excluding hydrogens is 243 g/mol. The molecule has 4 heteroatoms. The molecule has 0 fully saturated rings. The third-order valence-electron chi connectivity index (χ3n) is 2.31. The summed E-state index contributed by atoms with van der Waals surface area (Å²) in [7, 11) is 0. The van der Waals surface area contributed by atoms with E-state index in [1.807, 2.05) is 12.4 Å². The SMILES string of the molecule is CC[n+]1ccc(-c2cc[nH+]cc2)cc1.[Cl-].[Cl-]. The fourth-order valence-corrected chi connectivity index (χ4v) is 1.44. The van der Waals surface area contributed by atoms with E-state index in [0.29, 0.717) is 0 Å². The Morgan fingerprint density at radius 2 is 1.44 bits per heavy atom. The molecule has 0 spiro atoms. The summed E-state index contributed by atoms with van der Waals surface area (Å²) >= 11 is 0. The highest BCUT2D eigenvalue weighted by Crippen LogP contribution is 2.14. The Kier molecular flexibility index (Phi) is 6.70. The molecule has 0 saturated heterocycles. The van der Waals surface area contributed by atoms with Gasteiger partial charge >= 0.3 is 0 Å². The highest BCUT2D eigenvalue weighted by Gasteiger charge is 2.00. The van der Waals surface area contributed by atoms with E-state index in [1.54, 1.807) is 0 Å². The normalized spacial score (nSPS) is 8.81. The van der Waals surface area contributed by atoms with E-state index in [1.165, 1.54) is 11.1 Å². The number of hydrogen-bond donors (Lipinski definition) is 0. The summed E-state index contributed by atoms with van der Waals surface area (Å²) in [4.78, 5) is 3.02.